The lowest BCUT2D eigenvalue weighted by molar-refractivity contribution is 0.153. The Kier molecular flexibility index (Phi) is 5.62. The SMILES string of the molecule is CCC(C)NC(C)C1CCCN(CC)C1. The van der Waals surface area contributed by atoms with Crippen molar-refractivity contribution in [2.75, 3.05) is 19.6 Å². The van der Waals surface area contributed by atoms with Gasteiger partial charge in [0, 0.05) is 18.6 Å². The van der Waals surface area contributed by atoms with Crippen LogP contribution in [0.15, 0.2) is 0 Å². The first-order chi connectivity index (χ1) is 7.17. The Morgan fingerprint density at radius 2 is 2.07 bits per heavy atom. The molecular formula is C13H28N2. The van der Waals surface area contributed by atoms with E-state index in [9.17, 15) is 0 Å². The number of nitrogens with one attached hydrogen (secondary N) is 1. The van der Waals surface area contributed by atoms with Gasteiger partial charge in [0.25, 0.3) is 0 Å². The number of likely N-dealkylation sites (tertiary alicyclic amines) is 1. The van der Waals surface area contributed by atoms with Gasteiger partial charge in [-0.05, 0) is 52.1 Å². The zero-order valence-corrected chi connectivity index (χ0v) is 10.9. The van der Waals surface area contributed by atoms with Gasteiger partial charge in [0.15, 0.2) is 0 Å². The van der Waals surface area contributed by atoms with Crippen LogP contribution in [-0.2, 0) is 0 Å². The summed E-state index contributed by atoms with van der Waals surface area (Å²) < 4.78 is 0. The van der Waals surface area contributed by atoms with Crippen LogP contribution in [0.4, 0.5) is 0 Å². The average molecular weight is 212 g/mol. The molecule has 1 aliphatic rings. The zero-order valence-electron chi connectivity index (χ0n) is 10.9. The molecule has 3 unspecified atom stereocenters. The summed E-state index contributed by atoms with van der Waals surface area (Å²) in [6.45, 7) is 13.0. The first kappa shape index (κ1) is 13.0. The Morgan fingerprint density at radius 3 is 2.67 bits per heavy atom. The van der Waals surface area contributed by atoms with Gasteiger partial charge < -0.3 is 10.2 Å². The van der Waals surface area contributed by atoms with E-state index in [2.05, 4.69) is 37.9 Å². The quantitative estimate of drug-likeness (QED) is 0.753. The molecule has 0 aromatic heterocycles. The second-order valence-corrected chi connectivity index (χ2v) is 5.06. The van der Waals surface area contributed by atoms with E-state index >= 15 is 0 Å². The predicted molar refractivity (Wildman–Crippen MR) is 67.2 cm³/mol. The third-order valence-electron chi connectivity index (χ3n) is 3.86. The van der Waals surface area contributed by atoms with Crippen molar-refractivity contribution >= 4 is 0 Å². The molecule has 3 atom stereocenters. The first-order valence-corrected chi connectivity index (χ1v) is 6.65. The predicted octanol–water partition coefficient (Wildman–Crippen LogP) is 2.49. The third-order valence-corrected chi connectivity index (χ3v) is 3.86. The van der Waals surface area contributed by atoms with Crippen LogP contribution in [0.2, 0.25) is 0 Å². The molecule has 1 aliphatic heterocycles. The molecule has 0 saturated carbocycles. The molecule has 1 N–H and O–H groups in total. The smallest absolute Gasteiger partial charge is 0.00816 e. The molecule has 0 radical (unpaired) electrons. The van der Waals surface area contributed by atoms with Gasteiger partial charge in [-0.25, -0.2) is 0 Å². The minimum Gasteiger partial charge on any atom is -0.311 e. The van der Waals surface area contributed by atoms with Gasteiger partial charge in [0.2, 0.25) is 0 Å². The highest BCUT2D eigenvalue weighted by Crippen LogP contribution is 2.19. The Hall–Kier alpha value is -0.0800. The van der Waals surface area contributed by atoms with Gasteiger partial charge in [0.05, 0.1) is 0 Å². The van der Waals surface area contributed by atoms with Crippen molar-refractivity contribution in [3.63, 3.8) is 0 Å². The molecule has 0 amide bonds. The highest BCUT2D eigenvalue weighted by Gasteiger charge is 2.24. The zero-order chi connectivity index (χ0) is 11.3. The number of hydrogen-bond acceptors (Lipinski definition) is 2. The Morgan fingerprint density at radius 1 is 1.33 bits per heavy atom. The van der Waals surface area contributed by atoms with E-state index in [1.165, 1.54) is 38.9 Å². The average Bonchev–Trinajstić information content (AvgIpc) is 2.28. The van der Waals surface area contributed by atoms with Crippen molar-refractivity contribution in [2.45, 2.75) is 59.0 Å². The second-order valence-electron chi connectivity index (χ2n) is 5.06. The minimum absolute atomic E-state index is 0.664. The summed E-state index contributed by atoms with van der Waals surface area (Å²) >= 11 is 0. The third kappa shape index (κ3) is 4.12. The maximum absolute atomic E-state index is 3.72. The molecule has 15 heavy (non-hydrogen) atoms. The molecule has 1 heterocycles. The highest BCUT2D eigenvalue weighted by molar-refractivity contribution is 4.81. The van der Waals surface area contributed by atoms with Crippen LogP contribution in [0.3, 0.4) is 0 Å². The van der Waals surface area contributed by atoms with Crippen LogP contribution in [0, 0.1) is 5.92 Å². The normalized spacial score (nSPS) is 27.6. The van der Waals surface area contributed by atoms with Crippen LogP contribution in [0.5, 0.6) is 0 Å². The van der Waals surface area contributed by atoms with E-state index in [4.69, 9.17) is 0 Å². The fraction of sp³-hybridized carbons (Fsp3) is 1.00. The van der Waals surface area contributed by atoms with Gasteiger partial charge in [-0.3, -0.25) is 0 Å². The van der Waals surface area contributed by atoms with E-state index in [1.54, 1.807) is 0 Å². The molecule has 0 spiro atoms. The number of hydrogen-bond donors (Lipinski definition) is 1. The molecule has 0 aliphatic carbocycles. The fourth-order valence-electron chi connectivity index (χ4n) is 2.49. The van der Waals surface area contributed by atoms with E-state index < -0.39 is 0 Å². The second kappa shape index (κ2) is 6.49. The molecule has 2 nitrogen and oxygen atoms in total. The summed E-state index contributed by atoms with van der Waals surface area (Å²) in [4.78, 5) is 2.59. The number of piperidine rings is 1. The van der Waals surface area contributed by atoms with Crippen LogP contribution in [0.1, 0.15) is 47.0 Å². The Balaban J connectivity index is 2.34. The Bertz CT molecular complexity index is 170. The van der Waals surface area contributed by atoms with E-state index in [-0.39, 0.29) is 0 Å². The van der Waals surface area contributed by atoms with E-state index in [0.717, 1.165) is 5.92 Å². The summed E-state index contributed by atoms with van der Waals surface area (Å²) in [5.41, 5.74) is 0. The molecule has 1 saturated heterocycles. The van der Waals surface area contributed by atoms with Crippen LogP contribution in [0.25, 0.3) is 0 Å². The van der Waals surface area contributed by atoms with E-state index in [1.807, 2.05) is 0 Å². The van der Waals surface area contributed by atoms with Crippen molar-refractivity contribution in [3.8, 4) is 0 Å². The molecule has 0 aromatic rings. The topological polar surface area (TPSA) is 15.3 Å². The highest BCUT2D eigenvalue weighted by atomic mass is 15.1. The lowest BCUT2D eigenvalue weighted by atomic mass is 9.91. The van der Waals surface area contributed by atoms with Crippen LogP contribution < -0.4 is 5.32 Å². The van der Waals surface area contributed by atoms with Crippen LogP contribution >= 0.6 is 0 Å². The summed E-state index contributed by atoms with van der Waals surface area (Å²) in [7, 11) is 0. The van der Waals surface area contributed by atoms with Crippen molar-refractivity contribution in [2.24, 2.45) is 5.92 Å². The standard InChI is InChI=1S/C13H28N2/c1-5-11(3)14-12(4)13-8-7-9-15(6-2)10-13/h11-14H,5-10H2,1-4H3. The monoisotopic (exact) mass is 212 g/mol. The first-order valence-electron chi connectivity index (χ1n) is 6.65. The molecule has 0 bridgehead atoms. The largest absolute Gasteiger partial charge is 0.311 e. The molecule has 0 aromatic carbocycles. The molecule has 90 valence electrons. The lowest BCUT2D eigenvalue weighted by Crippen LogP contribution is -2.46. The van der Waals surface area contributed by atoms with Crippen LogP contribution in [-0.4, -0.2) is 36.6 Å². The summed E-state index contributed by atoms with van der Waals surface area (Å²) in [5.74, 6) is 0.854. The summed E-state index contributed by atoms with van der Waals surface area (Å²) in [6, 6.07) is 1.34. The van der Waals surface area contributed by atoms with Gasteiger partial charge in [-0.2, -0.15) is 0 Å². The van der Waals surface area contributed by atoms with Gasteiger partial charge in [-0.1, -0.05) is 13.8 Å². The number of nitrogens with zero attached hydrogens (tertiary/aromatic N) is 1. The minimum atomic E-state index is 0.664. The summed E-state index contributed by atoms with van der Waals surface area (Å²) in [5, 5.41) is 3.72. The van der Waals surface area contributed by atoms with Gasteiger partial charge >= 0.3 is 0 Å². The lowest BCUT2D eigenvalue weighted by Gasteiger charge is -2.36. The molecule has 2 heteroatoms. The van der Waals surface area contributed by atoms with Crippen molar-refractivity contribution in [1.29, 1.82) is 0 Å². The van der Waals surface area contributed by atoms with Gasteiger partial charge in [0.1, 0.15) is 0 Å². The maximum Gasteiger partial charge on any atom is 0.00816 e. The Labute approximate surface area is 95.4 Å². The molecule has 1 fully saturated rings. The van der Waals surface area contributed by atoms with Crippen molar-refractivity contribution in [1.82, 2.24) is 10.2 Å². The van der Waals surface area contributed by atoms with Crippen molar-refractivity contribution < 1.29 is 0 Å². The van der Waals surface area contributed by atoms with Gasteiger partial charge in [-0.15, -0.1) is 0 Å². The number of rotatable bonds is 5. The fourth-order valence-corrected chi connectivity index (χ4v) is 2.49. The van der Waals surface area contributed by atoms with Crippen molar-refractivity contribution in [3.05, 3.63) is 0 Å². The maximum atomic E-state index is 3.72. The molecular weight excluding hydrogens is 184 g/mol. The molecule has 1 rings (SSSR count). The summed E-state index contributed by atoms with van der Waals surface area (Å²) in [6.07, 6.45) is 4.01. The van der Waals surface area contributed by atoms with E-state index in [0.29, 0.717) is 12.1 Å².